The van der Waals surface area contributed by atoms with E-state index in [-0.39, 0.29) is 0 Å². The Kier molecular flexibility index (Phi) is 3.80. The number of hydrogen-bond acceptors (Lipinski definition) is 2. The number of nitrogens with zero attached hydrogens (tertiary/aromatic N) is 4. The van der Waals surface area contributed by atoms with Crippen LogP contribution in [-0.2, 0) is 19.3 Å². The molecule has 0 saturated heterocycles. The van der Waals surface area contributed by atoms with Gasteiger partial charge in [0.2, 0.25) is 0 Å². The van der Waals surface area contributed by atoms with E-state index in [4.69, 9.17) is 16.6 Å². The second-order valence-electron chi connectivity index (χ2n) is 5.00. The smallest absolute Gasteiger partial charge is 0.163 e. The molecular weight excluding hydrogens is 352 g/mol. The molecule has 4 nitrogen and oxygen atoms in total. The summed E-state index contributed by atoms with van der Waals surface area (Å²) >= 11 is 9.80. The highest BCUT2D eigenvalue weighted by molar-refractivity contribution is 9.10. The van der Waals surface area contributed by atoms with Gasteiger partial charge in [-0.05, 0) is 40.9 Å². The summed E-state index contributed by atoms with van der Waals surface area (Å²) in [6.07, 6.45) is 0.852. The molecule has 3 aromatic rings. The van der Waals surface area contributed by atoms with E-state index in [1.165, 1.54) is 5.56 Å². The average molecular weight is 368 g/mol. The third-order valence-corrected chi connectivity index (χ3v) is 4.91. The zero-order valence-electron chi connectivity index (χ0n) is 12.2. The summed E-state index contributed by atoms with van der Waals surface area (Å²) < 4.78 is 5.02. The lowest BCUT2D eigenvalue weighted by atomic mass is 10.2. The van der Waals surface area contributed by atoms with Gasteiger partial charge in [-0.3, -0.25) is 4.57 Å². The van der Waals surface area contributed by atoms with Gasteiger partial charge >= 0.3 is 0 Å². The number of rotatable bonds is 3. The summed E-state index contributed by atoms with van der Waals surface area (Å²) in [6, 6.07) is 6.17. The summed E-state index contributed by atoms with van der Waals surface area (Å²) in [7, 11) is 1.95. The zero-order valence-corrected chi connectivity index (χ0v) is 14.5. The monoisotopic (exact) mass is 366 g/mol. The first-order valence-corrected chi connectivity index (χ1v) is 8.15. The number of halogens is 2. The Morgan fingerprint density at radius 3 is 2.76 bits per heavy atom. The molecule has 2 aromatic heterocycles. The van der Waals surface area contributed by atoms with Crippen LogP contribution < -0.4 is 0 Å². The fourth-order valence-electron chi connectivity index (χ4n) is 2.61. The van der Waals surface area contributed by atoms with Crippen LogP contribution >= 0.6 is 27.5 Å². The molecule has 1 aromatic carbocycles. The second kappa shape index (κ2) is 5.46. The second-order valence-corrected chi connectivity index (χ2v) is 6.06. The molecule has 0 atom stereocenters. The third kappa shape index (κ3) is 2.19. The minimum Gasteiger partial charge on any atom is -0.279 e. The van der Waals surface area contributed by atoms with Gasteiger partial charge in [-0.2, -0.15) is 5.10 Å². The first-order valence-electron chi connectivity index (χ1n) is 6.83. The Bertz CT molecular complexity index is 819. The lowest BCUT2D eigenvalue weighted by molar-refractivity contribution is 0.744. The van der Waals surface area contributed by atoms with E-state index in [1.807, 2.05) is 17.8 Å². The summed E-state index contributed by atoms with van der Waals surface area (Å²) in [4.78, 5) is 4.70. The van der Waals surface area contributed by atoms with Gasteiger partial charge < -0.3 is 0 Å². The Hall–Kier alpha value is -1.33. The zero-order chi connectivity index (χ0) is 15.1. The molecule has 0 spiro atoms. The Morgan fingerprint density at radius 1 is 1.33 bits per heavy atom. The Morgan fingerprint density at radius 2 is 2.10 bits per heavy atom. The Balaban J connectivity index is 2.40. The molecular formula is C15H16BrClN4. The summed E-state index contributed by atoms with van der Waals surface area (Å²) in [5.41, 5.74) is 5.13. The minimum absolute atomic E-state index is 0.359. The van der Waals surface area contributed by atoms with Crippen LogP contribution in [0.2, 0.25) is 0 Å². The van der Waals surface area contributed by atoms with Gasteiger partial charge in [-0.1, -0.05) is 19.1 Å². The van der Waals surface area contributed by atoms with Gasteiger partial charge in [-0.25, -0.2) is 9.67 Å². The van der Waals surface area contributed by atoms with Gasteiger partial charge in [0.1, 0.15) is 11.3 Å². The molecule has 110 valence electrons. The Labute approximate surface area is 136 Å². The minimum atomic E-state index is 0.359. The topological polar surface area (TPSA) is 35.6 Å². The van der Waals surface area contributed by atoms with Crippen molar-refractivity contribution in [2.75, 3.05) is 0 Å². The molecule has 0 amide bonds. The van der Waals surface area contributed by atoms with Crippen molar-refractivity contribution >= 4 is 38.7 Å². The highest BCUT2D eigenvalue weighted by atomic mass is 79.9. The van der Waals surface area contributed by atoms with E-state index >= 15 is 0 Å². The van der Waals surface area contributed by atoms with Crippen LogP contribution in [0.4, 0.5) is 0 Å². The number of benzene rings is 1. The van der Waals surface area contributed by atoms with E-state index in [9.17, 15) is 0 Å². The fourth-order valence-corrected chi connectivity index (χ4v) is 3.23. The van der Waals surface area contributed by atoms with Gasteiger partial charge in [0, 0.05) is 11.5 Å². The molecule has 0 fully saturated rings. The lowest BCUT2D eigenvalue weighted by Gasteiger charge is -2.12. The number of aromatic nitrogens is 4. The molecule has 0 radical (unpaired) electrons. The van der Waals surface area contributed by atoms with Crippen LogP contribution in [0, 0.1) is 6.92 Å². The maximum absolute atomic E-state index is 6.12. The largest absolute Gasteiger partial charge is 0.279 e. The molecule has 0 N–H and O–H groups in total. The highest BCUT2D eigenvalue weighted by Gasteiger charge is 2.20. The van der Waals surface area contributed by atoms with Crippen molar-refractivity contribution in [3.8, 4) is 5.69 Å². The van der Waals surface area contributed by atoms with Crippen molar-refractivity contribution in [3.63, 3.8) is 0 Å². The van der Waals surface area contributed by atoms with Crippen LogP contribution in [-0.4, -0.2) is 19.3 Å². The first-order chi connectivity index (χ1) is 10.1. The van der Waals surface area contributed by atoms with Crippen LogP contribution in [0.3, 0.4) is 0 Å². The number of imidazole rings is 1. The molecule has 0 aliphatic rings. The number of aryl methyl sites for hydroxylation is 3. The third-order valence-electron chi connectivity index (χ3n) is 3.64. The number of fused-ring (bicyclic) bond motifs is 1. The quantitative estimate of drug-likeness (QED) is 0.652. The first kappa shape index (κ1) is 14.6. The molecule has 0 unspecified atom stereocenters. The number of alkyl halides is 1. The summed E-state index contributed by atoms with van der Waals surface area (Å²) in [5.74, 6) is 1.19. The summed E-state index contributed by atoms with van der Waals surface area (Å²) in [5, 5.41) is 4.56. The highest BCUT2D eigenvalue weighted by Crippen LogP contribution is 2.31. The standard InChI is InChI=1S/C15H16BrClN4/c1-4-10-14-15(20(3)19-10)21(12(8-17)18-14)11-7-5-6-9(2)13(11)16/h5-7H,4,8H2,1-3H3. The van der Waals surface area contributed by atoms with Crippen LogP contribution in [0.5, 0.6) is 0 Å². The normalized spacial score (nSPS) is 11.5. The van der Waals surface area contributed by atoms with Crippen molar-refractivity contribution < 1.29 is 0 Å². The van der Waals surface area contributed by atoms with Crippen LogP contribution in [0.15, 0.2) is 22.7 Å². The molecule has 0 saturated carbocycles. The molecule has 6 heteroatoms. The molecule has 3 rings (SSSR count). The van der Waals surface area contributed by atoms with Gasteiger partial charge in [0.15, 0.2) is 5.65 Å². The van der Waals surface area contributed by atoms with Crippen molar-refractivity contribution in [2.24, 2.45) is 7.05 Å². The van der Waals surface area contributed by atoms with E-state index in [0.29, 0.717) is 5.88 Å². The van der Waals surface area contributed by atoms with Crippen LogP contribution in [0.25, 0.3) is 16.9 Å². The van der Waals surface area contributed by atoms with Crippen molar-refractivity contribution in [1.29, 1.82) is 0 Å². The fraction of sp³-hybridized carbons (Fsp3) is 0.333. The molecule has 0 bridgehead atoms. The van der Waals surface area contributed by atoms with Crippen molar-refractivity contribution in [3.05, 3.63) is 39.8 Å². The van der Waals surface area contributed by atoms with Gasteiger partial charge in [-0.15, -0.1) is 11.6 Å². The molecule has 21 heavy (non-hydrogen) atoms. The van der Waals surface area contributed by atoms with Gasteiger partial charge in [0.25, 0.3) is 0 Å². The van der Waals surface area contributed by atoms with E-state index < -0.39 is 0 Å². The van der Waals surface area contributed by atoms with E-state index in [0.717, 1.165) is 39.3 Å². The van der Waals surface area contributed by atoms with E-state index in [1.54, 1.807) is 0 Å². The van der Waals surface area contributed by atoms with Crippen molar-refractivity contribution in [1.82, 2.24) is 19.3 Å². The number of hydrogen-bond donors (Lipinski definition) is 0. The predicted molar refractivity (Wildman–Crippen MR) is 89.2 cm³/mol. The molecule has 2 heterocycles. The average Bonchev–Trinajstić information content (AvgIpc) is 2.99. The maximum atomic E-state index is 6.12. The van der Waals surface area contributed by atoms with Crippen LogP contribution in [0.1, 0.15) is 24.0 Å². The SMILES string of the molecule is CCc1nn(C)c2c1nc(CCl)n2-c1cccc(C)c1Br. The van der Waals surface area contributed by atoms with Gasteiger partial charge in [0.05, 0.1) is 17.3 Å². The van der Waals surface area contributed by atoms with Crippen molar-refractivity contribution in [2.45, 2.75) is 26.1 Å². The molecule has 0 aliphatic heterocycles. The molecule has 0 aliphatic carbocycles. The lowest BCUT2D eigenvalue weighted by Crippen LogP contribution is -2.05. The maximum Gasteiger partial charge on any atom is 0.163 e. The van der Waals surface area contributed by atoms with E-state index in [2.05, 4.69) is 51.6 Å². The summed E-state index contributed by atoms with van der Waals surface area (Å²) in [6.45, 7) is 4.16. The predicted octanol–water partition coefficient (Wildman–Crippen LogP) is 4.13.